The molecule has 0 amide bonds. The molecule has 3 nitrogen and oxygen atoms in total. The van der Waals surface area contributed by atoms with Crippen molar-refractivity contribution in [2.24, 2.45) is 0 Å². The molecule has 1 heterocycles. The number of hydrogen-bond donors (Lipinski definition) is 1. The summed E-state index contributed by atoms with van der Waals surface area (Å²) in [5.41, 5.74) is 0.0528. The normalized spacial score (nSPS) is 11.5. The van der Waals surface area contributed by atoms with Gasteiger partial charge in [0.25, 0.3) is 0 Å². The molecule has 96 valence electrons. The second kappa shape index (κ2) is 6.77. The predicted molar refractivity (Wildman–Crippen MR) is 71.4 cm³/mol. The molecule has 0 atom stereocenters. The molecule has 1 aromatic heterocycles. The Labute approximate surface area is 107 Å². The first-order valence-electron chi connectivity index (χ1n) is 5.90. The number of carbonyl (C=O) groups excluding carboxylic acids is 1. The fraction of sp³-hybridized carbons (Fsp3) is 0.615. The van der Waals surface area contributed by atoms with Crippen LogP contribution in [0.25, 0.3) is 0 Å². The molecule has 0 aliphatic carbocycles. The maximum absolute atomic E-state index is 11.4. The van der Waals surface area contributed by atoms with Crippen molar-refractivity contribution < 1.29 is 9.53 Å². The lowest BCUT2D eigenvalue weighted by atomic mass is 10.1. The second-order valence-electron chi connectivity index (χ2n) is 4.98. The first kappa shape index (κ1) is 14.2. The number of ether oxygens (including phenoxy) is 1. The van der Waals surface area contributed by atoms with Gasteiger partial charge in [0.1, 0.15) is 0 Å². The summed E-state index contributed by atoms with van der Waals surface area (Å²) in [6.45, 7) is 7.38. The van der Waals surface area contributed by atoms with Gasteiger partial charge in [-0.15, -0.1) is 11.3 Å². The van der Waals surface area contributed by atoms with Crippen molar-refractivity contribution in [3.8, 4) is 0 Å². The number of rotatable bonds is 6. The van der Waals surface area contributed by atoms with E-state index in [1.54, 1.807) is 11.3 Å². The van der Waals surface area contributed by atoms with Crippen LogP contribution in [0.1, 0.15) is 32.1 Å². The molecule has 1 rings (SSSR count). The van der Waals surface area contributed by atoms with Crippen LogP contribution in [0.4, 0.5) is 0 Å². The lowest BCUT2D eigenvalue weighted by molar-refractivity contribution is -0.143. The molecule has 4 heteroatoms. The lowest BCUT2D eigenvalue weighted by Gasteiger charge is -2.19. The van der Waals surface area contributed by atoms with Crippen LogP contribution in [0.3, 0.4) is 0 Å². The van der Waals surface area contributed by atoms with Gasteiger partial charge >= 0.3 is 5.97 Å². The van der Waals surface area contributed by atoms with Gasteiger partial charge in [0, 0.05) is 23.4 Å². The van der Waals surface area contributed by atoms with Gasteiger partial charge in [-0.2, -0.15) is 0 Å². The zero-order chi connectivity index (χ0) is 12.7. The number of nitrogens with one attached hydrogen (secondary N) is 1. The van der Waals surface area contributed by atoms with Crippen LogP contribution in [0.15, 0.2) is 17.5 Å². The second-order valence-corrected chi connectivity index (χ2v) is 6.01. The van der Waals surface area contributed by atoms with E-state index >= 15 is 0 Å². The van der Waals surface area contributed by atoms with Crippen LogP contribution in [0.2, 0.25) is 0 Å². The van der Waals surface area contributed by atoms with E-state index in [1.807, 2.05) is 11.4 Å². The summed E-state index contributed by atoms with van der Waals surface area (Å²) >= 11 is 1.69. The number of esters is 1. The molecular weight excluding hydrogens is 234 g/mol. The third kappa shape index (κ3) is 7.13. The molecule has 1 aromatic rings. The van der Waals surface area contributed by atoms with E-state index in [4.69, 9.17) is 4.74 Å². The highest BCUT2D eigenvalue weighted by Gasteiger charge is 2.10. The molecule has 0 saturated carbocycles. The summed E-state index contributed by atoms with van der Waals surface area (Å²) in [6, 6.07) is 4.06. The summed E-state index contributed by atoms with van der Waals surface area (Å²) in [4.78, 5) is 12.7. The van der Waals surface area contributed by atoms with E-state index in [0.29, 0.717) is 19.6 Å². The van der Waals surface area contributed by atoms with Gasteiger partial charge in [0.15, 0.2) is 0 Å². The zero-order valence-electron chi connectivity index (χ0n) is 10.8. The Bertz CT molecular complexity index is 328. The molecule has 17 heavy (non-hydrogen) atoms. The molecule has 0 aromatic carbocycles. The highest BCUT2D eigenvalue weighted by atomic mass is 32.1. The zero-order valence-corrected chi connectivity index (χ0v) is 11.6. The van der Waals surface area contributed by atoms with Gasteiger partial charge in [-0.3, -0.25) is 4.79 Å². The fourth-order valence-corrected chi connectivity index (χ4v) is 2.02. The molecule has 0 radical (unpaired) electrons. The van der Waals surface area contributed by atoms with E-state index in [-0.39, 0.29) is 11.5 Å². The first-order chi connectivity index (χ1) is 7.97. The average Bonchev–Trinajstić information content (AvgIpc) is 2.68. The Morgan fingerprint density at radius 3 is 2.82 bits per heavy atom. The van der Waals surface area contributed by atoms with Crippen LogP contribution >= 0.6 is 11.3 Å². The molecule has 0 aliphatic rings. The van der Waals surface area contributed by atoms with Gasteiger partial charge < -0.3 is 10.1 Å². The third-order valence-electron chi connectivity index (χ3n) is 2.18. The minimum Gasteiger partial charge on any atom is -0.465 e. The Balaban J connectivity index is 2.05. The molecular formula is C13H21NO2S. The number of thiophene rings is 1. The molecule has 0 spiro atoms. The standard InChI is InChI=1S/C13H21NO2S/c1-13(2,3)14-8-6-12(15)16-9-7-11-5-4-10-17-11/h4-5,10,14H,6-9H2,1-3H3. The Morgan fingerprint density at radius 1 is 1.47 bits per heavy atom. The third-order valence-corrected chi connectivity index (χ3v) is 3.11. The quantitative estimate of drug-likeness (QED) is 0.794. The van der Waals surface area contributed by atoms with Crippen LogP contribution in [0, 0.1) is 0 Å². The molecule has 0 fully saturated rings. The topological polar surface area (TPSA) is 38.3 Å². The summed E-state index contributed by atoms with van der Waals surface area (Å²) in [6.07, 6.45) is 1.25. The van der Waals surface area contributed by atoms with Gasteiger partial charge in [-0.25, -0.2) is 0 Å². The van der Waals surface area contributed by atoms with Gasteiger partial charge in [0.05, 0.1) is 13.0 Å². The summed E-state index contributed by atoms with van der Waals surface area (Å²) in [5.74, 6) is -0.127. The van der Waals surface area contributed by atoms with Gasteiger partial charge in [-0.1, -0.05) is 6.07 Å². The van der Waals surface area contributed by atoms with Crippen molar-refractivity contribution in [1.29, 1.82) is 0 Å². The SMILES string of the molecule is CC(C)(C)NCCC(=O)OCCc1cccs1. The summed E-state index contributed by atoms with van der Waals surface area (Å²) in [7, 11) is 0. The highest BCUT2D eigenvalue weighted by Crippen LogP contribution is 2.09. The molecule has 0 bridgehead atoms. The maximum atomic E-state index is 11.4. The Hall–Kier alpha value is -0.870. The fourth-order valence-electron chi connectivity index (χ4n) is 1.33. The van der Waals surface area contributed by atoms with E-state index in [9.17, 15) is 4.79 Å². The summed E-state index contributed by atoms with van der Waals surface area (Å²) in [5, 5.41) is 5.29. The largest absolute Gasteiger partial charge is 0.465 e. The average molecular weight is 255 g/mol. The molecule has 0 aliphatic heterocycles. The molecule has 0 unspecified atom stereocenters. The van der Waals surface area contributed by atoms with Crippen LogP contribution in [0.5, 0.6) is 0 Å². The van der Waals surface area contributed by atoms with E-state index in [2.05, 4.69) is 32.2 Å². The minimum atomic E-state index is -0.127. The van der Waals surface area contributed by atoms with Crippen molar-refractivity contribution in [3.05, 3.63) is 22.4 Å². The molecule has 0 saturated heterocycles. The van der Waals surface area contributed by atoms with Crippen molar-refractivity contribution in [2.75, 3.05) is 13.2 Å². The molecule has 1 N–H and O–H groups in total. The smallest absolute Gasteiger partial charge is 0.307 e. The first-order valence-corrected chi connectivity index (χ1v) is 6.78. The highest BCUT2D eigenvalue weighted by molar-refractivity contribution is 7.09. The van der Waals surface area contributed by atoms with Crippen molar-refractivity contribution >= 4 is 17.3 Å². The van der Waals surface area contributed by atoms with Gasteiger partial charge in [0.2, 0.25) is 0 Å². The van der Waals surface area contributed by atoms with Crippen LogP contribution < -0.4 is 5.32 Å². The van der Waals surface area contributed by atoms with Crippen molar-refractivity contribution in [3.63, 3.8) is 0 Å². The van der Waals surface area contributed by atoms with E-state index in [0.717, 1.165) is 6.42 Å². The maximum Gasteiger partial charge on any atom is 0.307 e. The Kier molecular flexibility index (Phi) is 5.65. The lowest BCUT2D eigenvalue weighted by Crippen LogP contribution is -2.37. The van der Waals surface area contributed by atoms with Crippen molar-refractivity contribution in [1.82, 2.24) is 5.32 Å². The van der Waals surface area contributed by atoms with Gasteiger partial charge in [-0.05, 0) is 32.2 Å². The minimum absolute atomic E-state index is 0.0528. The van der Waals surface area contributed by atoms with E-state index in [1.165, 1.54) is 4.88 Å². The van der Waals surface area contributed by atoms with Crippen LogP contribution in [-0.2, 0) is 16.0 Å². The monoisotopic (exact) mass is 255 g/mol. The number of hydrogen-bond acceptors (Lipinski definition) is 4. The van der Waals surface area contributed by atoms with E-state index < -0.39 is 0 Å². The Morgan fingerprint density at radius 2 is 2.24 bits per heavy atom. The van der Waals surface area contributed by atoms with Crippen LogP contribution in [-0.4, -0.2) is 24.7 Å². The summed E-state index contributed by atoms with van der Waals surface area (Å²) < 4.78 is 5.16. The predicted octanol–water partition coefficient (Wildman–Crippen LogP) is 2.61. The van der Waals surface area contributed by atoms with Crippen molar-refractivity contribution in [2.45, 2.75) is 39.2 Å². The number of carbonyl (C=O) groups is 1.